The molecule has 1 aliphatic carbocycles. The molecular weight excluding hydrogens is 288 g/mol. The molecular formula is C20H36O3. The van der Waals surface area contributed by atoms with Crippen LogP contribution in [0.3, 0.4) is 0 Å². The van der Waals surface area contributed by atoms with Gasteiger partial charge in [-0.05, 0) is 56.3 Å². The van der Waals surface area contributed by atoms with Gasteiger partial charge in [0.25, 0.3) is 0 Å². The molecule has 0 radical (unpaired) electrons. The normalized spacial score (nSPS) is 29.7. The first-order valence-electron chi connectivity index (χ1n) is 9.28. The second kappa shape index (κ2) is 10.9. The number of carbonyl (C=O) groups excluding carboxylic acids is 1. The Labute approximate surface area is 142 Å². The van der Waals surface area contributed by atoms with Gasteiger partial charge in [0.2, 0.25) is 0 Å². The quantitative estimate of drug-likeness (QED) is 0.392. The summed E-state index contributed by atoms with van der Waals surface area (Å²) in [5.74, 6) is 2.76. The topological polar surface area (TPSA) is 35.5 Å². The molecule has 1 saturated carbocycles. The lowest BCUT2D eigenvalue weighted by Crippen LogP contribution is -2.19. The minimum absolute atomic E-state index is 0.321. The van der Waals surface area contributed by atoms with Crippen molar-refractivity contribution in [1.29, 1.82) is 0 Å². The fourth-order valence-corrected chi connectivity index (χ4v) is 3.84. The van der Waals surface area contributed by atoms with Crippen LogP contribution in [0.15, 0.2) is 12.2 Å². The molecule has 0 spiro atoms. The molecule has 0 saturated heterocycles. The van der Waals surface area contributed by atoms with Crippen molar-refractivity contribution >= 4 is 5.97 Å². The largest absolute Gasteiger partial charge is 0.460 e. The Balaban J connectivity index is 2.29. The van der Waals surface area contributed by atoms with Gasteiger partial charge < -0.3 is 9.47 Å². The van der Waals surface area contributed by atoms with E-state index in [9.17, 15) is 4.79 Å². The van der Waals surface area contributed by atoms with E-state index >= 15 is 0 Å². The first kappa shape index (κ1) is 20.2. The van der Waals surface area contributed by atoms with Crippen LogP contribution in [-0.2, 0) is 14.3 Å². The molecule has 4 unspecified atom stereocenters. The average Bonchev–Trinajstić information content (AvgIpc) is 2.45. The monoisotopic (exact) mass is 324 g/mol. The van der Waals surface area contributed by atoms with Crippen LogP contribution < -0.4 is 0 Å². The van der Waals surface area contributed by atoms with Gasteiger partial charge in [-0.25, -0.2) is 4.79 Å². The molecule has 0 N–H and O–H groups in total. The van der Waals surface area contributed by atoms with Crippen LogP contribution in [0.2, 0.25) is 0 Å². The fraction of sp³-hybridized carbons (Fsp3) is 0.850. The number of ether oxygens (including phenoxy) is 2. The molecule has 1 fully saturated rings. The van der Waals surface area contributed by atoms with E-state index in [4.69, 9.17) is 9.47 Å². The van der Waals surface area contributed by atoms with Gasteiger partial charge in [0.05, 0.1) is 6.61 Å². The van der Waals surface area contributed by atoms with Crippen LogP contribution in [0.25, 0.3) is 0 Å². The van der Waals surface area contributed by atoms with Gasteiger partial charge in [-0.3, -0.25) is 0 Å². The summed E-state index contributed by atoms with van der Waals surface area (Å²) in [4.78, 5) is 11.3. The summed E-state index contributed by atoms with van der Waals surface area (Å²) in [5.41, 5.74) is 0.439. The van der Waals surface area contributed by atoms with Crippen LogP contribution in [0, 0.1) is 23.7 Å². The summed E-state index contributed by atoms with van der Waals surface area (Å²) in [7, 11) is 0. The van der Waals surface area contributed by atoms with Crippen molar-refractivity contribution in [2.45, 2.75) is 66.2 Å². The Morgan fingerprint density at radius 3 is 2.35 bits per heavy atom. The highest BCUT2D eigenvalue weighted by Gasteiger charge is 2.20. The fourth-order valence-electron chi connectivity index (χ4n) is 3.84. The zero-order valence-electron chi connectivity index (χ0n) is 15.6. The lowest BCUT2D eigenvalue weighted by atomic mass is 9.80. The summed E-state index contributed by atoms with van der Waals surface area (Å²) in [5, 5.41) is 0. The molecule has 1 rings (SSSR count). The van der Waals surface area contributed by atoms with E-state index < -0.39 is 0 Å². The van der Waals surface area contributed by atoms with Gasteiger partial charge in [0.15, 0.2) is 0 Å². The van der Waals surface area contributed by atoms with Crippen molar-refractivity contribution in [2.75, 3.05) is 19.8 Å². The molecule has 0 aromatic carbocycles. The van der Waals surface area contributed by atoms with Gasteiger partial charge in [-0.1, -0.05) is 40.2 Å². The highest BCUT2D eigenvalue weighted by molar-refractivity contribution is 5.86. The lowest BCUT2D eigenvalue weighted by Gasteiger charge is -2.27. The summed E-state index contributed by atoms with van der Waals surface area (Å²) in [6.45, 7) is 14.0. The van der Waals surface area contributed by atoms with Crippen molar-refractivity contribution in [3.63, 3.8) is 0 Å². The van der Waals surface area contributed by atoms with Crippen LogP contribution in [0.1, 0.15) is 66.2 Å². The summed E-state index contributed by atoms with van der Waals surface area (Å²) >= 11 is 0. The van der Waals surface area contributed by atoms with E-state index in [0.717, 1.165) is 24.4 Å². The van der Waals surface area contributed by atoms with E-state index in [-0.39, 0.29) is 5.97 Å². The molecule has 0 heterocycles. The molecule has 0 aliphatic heterocycles. The molecule has 0 bridgehead atoms. The molecule has 0 aromatic heterocycles. The maximum Gasteiger partial charge on any atom is 0.333 e. The maximum absolute atomic E-state index is 11.3. The summed E-state index contributed by atoms with van der Waals surface area (Å²) < 4.78 is 10.8. The van der Waals surface area contributed by atoms with Crippen molar-refractivity contribution in [1.82, 2.24) is 0 Å². The first-order chi connectivity index (χ1) is 10.9. The van der Waals surface area contributed by atoms with Crippen molar-refractivity contribution < 1.29 is 14.3 Å². The number of hydrogen-bond acceptors (Lipinski definition) is 3. The molecule has 4 atom stereocenters. The average molecular weight is 325 g/mol. The predicted molar refractivity (Wildman–Crippen MR) is 95.3 cm³/mol. The molecule has 134 valence electrons. The molecule has 23 heavy (non-hydrogen) atoms. The Morgan fingerprint density at radius 1 is 1.00 bits per heavy atom. The molecule has 1 aliphatic rings. The van der Waals surface area contributed by atoms with E-state index in [1.807, 2.05) is 0 Å². The van der Waals surface area contributed by atoms with E-state index in [1.54, 1.807) is 6.92 Å². The molecule has 0 aromatic rings. The van der Waals surface area contributed by atoms with Gasteiger partial charge in [0, 0.05) is 12.2 Å². The zero-order valence-corrected chi connectivity index (χ0v) is 15.6. The number of esters is 1. The minimum atomic E-state index is -0.330. The van der Waals surface area contributed by atoms with Gasteiger partial charge in [-0.2, -0.15) is 0 Å². The minimum Gasteiger partial charge on any atom is -0.460 e. The standard InChI is InChI=1S/C20H36O3/c1-15(2)20(21)23-10-9-22-14-19-8-6-7-16(3)11-17(4)12-18(5)13-19/h16-19H,1,6-14H2,2-5H3. The first-order valence-corrected chi connectivity index (χ1v) is 9.28. The Bertz CT molecular complexity index is 364. The second-order valence-electron chi connectivity index (χ2n) is 7.81. The summed E-state index contributed by atoms with van der Waals surface area (Å²) in [6, 6.07) is 0. The lowest BCUT2D eigenvalue weighted by molar-refractivity contribution is -0.140. The Hall–Kier alpha value is -0.830. The zero-order chi connectivity index (χ0) is 17.2. The van der Waals surface area contributed by atoms with Gasteiger partial charge in [0.1, 0.15) is 6.61 Å². The third kappa shape index (κ3) is 9.14. The highest BCUT2D eigenvalue weighted by Crippen LogP contribution is 2.30. The SMILES string of the molecule is C=C(C)C(=O)OCCOCC1CCCC(C)CC(C)CC(C)C1. The number of carbonyl (C=O) groups is 1. The highest BCUT2D eigenvalue weighted by atomic mass is 16.6. The van der Waals surface area contributed by atoms with Gasteiger partial charge >= 0.3 is 5.97 Å². The van der Waals surface area contributed by atoms with Crippen molar-refractivity contribution in [3.05, 3.63) is 12.2 Å². The smallest absolute Gasteiger partial charge is 0.333 e. The van der Waals surface area contributed by atoms with Crippen LogP contribution in [0.4, 0.5) is 0 Å². The van der Waals surface area contributed by atoms with Crippen LogP contribution in [0.5, 0.6) is 0 Å². The Kier molecular flexibility index (Phi) is 9.54. The number of rotatable bonds is 6. The van der Waals surface area contributed by atoms with Gasteiger partial charge in [-0.15, -0.1) is 0 Å². The molecule has 3 nitrogen and oxygen atoms in total. The van der Waals surface area contributed by atoms with Crippen molar-refractivity contribution in [2.24, 2.45) is 23.7 Å². The molecule has 0 amide bonds. The predicted octanol–water partition coefficient (Wildman–Crippen LogP) is 5.00. The second-order valence-corrected chi connectivity index (χ2v) is 7.81. The van der Waals surface area contributed by atoms with E-state index in [1.165, 1.54) is 38.5 Å². The maximum atomic E-state index is 11.3. The Morgan fingerprint density at radius 2 is 1.65 bits per heavy atom. The molecule has 3 heteroatoms. The van der Waals surface area contributed by atoms with Crippen LogP contribution >= 0.6 is 0 Å². The van der Waals surface area contributed by atoms with Crippen molar-refractivity contribution in [3.8, 4) is 0 Å². The number of hydrogen-bond donors (Lipinski definition) is 0. The third-order valence-corrected chi connectivity index (χ3v) is 4.82. The van der Waals surface area contributed by atoms with Crippen LogP contribution in [-0.4, -0.2) is 25.8 Å². The summed E-state index contributed by atoms with van der Waals surface area (Å²) in [6.07, 6.45) is 7.86. The van der Waals surface area contributed by atoms with E-state index in [0.29, 0.717) is 24.7 Å². The third-order valence-electron chi connectivity index (χ3n) is 4.82. The van der Waals surface area contributed by atoms with E-state index in [2.05, 4.69) is 27.4 Å².